The molecule has 2 aliphatic heterocycles. The first-order chi connectivity index (χ1) is 12.1. The first kappa shape index (κ1) is 18.2. The Balaban J connectivity index is 1.47. The van der Waals surface area contributed by atoms with Crippen LogP contribution in [0.3, 0.4) is 0 Å². The molecule has 0 aliphatic carbocycles. The number of likely N-dealkylation sites (tertiary alicyclic amines) is 1. The normalized spacial score (nSPS) is 19.9. The first-order valence-electron chi connectivity index (χ1n) is 9.19. The van der Waals surface area contributed by atoms with Crippen LogP contribution in [-0.4, -0.2) is 48.3 Å². The smallest absolute Gasteiger partial charge is 0.219 e. The summed E-state index contributed by atoms with van der Waals surface area (Å²) < 4.78 is 0. The second-order valence-electron chi connectivity index (χ2n) is 7.28. The number of amides is 1. The van der Waals surface area contributed by atoms with Crippen molar-refractivity contribution in [1.29, 1.82) is 0 Å². The van der Waals surface area contributed by atoms with Gasteiger partial charge in [0, 0.05) is 33.1 Å². The summed E-state index contributed by atoms with van der Waals surface area (Å²) in [7, 11) is 0. The van der Waals surface area contributed by atoms with Crippen LogP contribution in [0.15, 0.2) is 12.1 Å². The highest BCUT2D eigenvalue weighted by atomic mass is 35.5. The molecule has 1 amide bonds. The van der Waals surface area contributed by atoms with E-state index in [1.165, 1.54) is 19.3 Å². The Hall–Kier alpha value is -1.62. The molecule has 0 N–H and O–H groups in total. The topological polar surface area (TPSA) is 53.5 Å². The summed E-state index contributed by atoms with van der Waals surface area (Å²) in [5.41, 5.74) is 0.442. The summed E-state index contributed by atoms with van der Waals surface area (Å²) in [6.07, 6.45) is 6.64. The van der Waals surface area contributed by atoms with E-state index in [-0.39, 0.29) is 11.1 Å². The van der Waals surface area contributed by atoms with Gasteiger partial charge in [-0.2, -0.15) is 0 Å². The van der Waals surface area contributed by atoms with Crippen molar-refractivity contribution < 1.29 is 9.59 Å². The third-order valence-corrected chi connectivity index (χ3v) is 5.96. The SMILES string of the molecule is CC(=O)N1CCC(CC2CCN(c3ccc(C=O)c(Cl)n3)CC2)CC1. The van der Waals surface area contributed by atoms with Crippen LogP contribution in [0.25, 0.3) is 0 Å². The van der Waals surface area contributed by atoms with Gasteiger partial charge in [0.2, 0.25) is 5.91 Å². The van der Waals surface area contributed by atoms with Crippen molar-refractivity contribution in [2.75, 3.05) is 31.1 Å². The number of aromatic nitrogens is 1. The van der Waals surface area contributed by atoms with Crippen LogP contribution in [0.5, 0.6) is 0 Å². The first-order valence-corrected chi connectivity index (χ1v) is 9.56. The maximum Gasteiger partial charge on any atom is 0.219 e. The van der Waals surface area contributed by atoms with Gasteiger partial charge < -0.3 is 9.80 Å². The molecule has 0 radical (unpaired) electrons. The van der Waals surface area contributed by atoms with Crippen molar-refractivity contribution in [2.24, 2.45) is 11.8 Å². The van der Waals surface area contributed by atoms with Crippen LogP contribution in [0, 0.1) is 11.8 Å². The number of pyridine rings is 1. The van der Waals surface area contributed by atoms with Gasteiger partial charge in [0.1, 0.15) is 11.0 Å². The predicted octanol–water partition coefficient (Wildman–Crippen LogP) is 3.41. The number of anilines is 1. The number of rotatable bonds is 4. The largest absolute Gasteiger partial charge is 0.357 e. The number of nitrogens with zero attached hydrogens (tertiary/aromatic N) is 3. The van der Waals surface area contributed by atoms with Crippen LogP contribution < -0.4 is 4.90 Å². The average molecular weight is 364 g/mol. The molecule has 1 aromatic rings. The number of carbonyl (C=O) groups is 2. The van der Waals surface area contributed by atoms with Crippen molar-refractivity contribution in [3.05, 3.63) is 22.8 Å². The van der Waals surface area contributed by atoms with Crippen molar-refractivity contribution in [3.63, 3.8) is 0 Å². The van der Waals surface area contributed by atoms with Gasteiger partial charge in [0.15, 0.2) is 6.29 Å². The average Bonchev–Trinajstić information content (AvgIpc) is 2.63. The molecule has 3 rings (SSSR count). The van der Waals surface area contributed by atoms with E-state index in [1.54, 1.807) is 13.0 Å². The third kappa shape index (κ3) is 4.51. The summed E-state index contributed by atoms with van der Waals surface area (Å²) in [6, 6.07) is 3.62. The van der Waals surface area contributed by atoms with Crippen molar-refractivity contribution in [3.8, 4) is 0 Å². The standard InChI is InChI=1S/C19H26ClN3O2/c1-14(25)22-8-4-15(5-9-22)12-16-6-10-23(11-7-16)18-3-2-17(13-24)19(20)21-18/h2-3,13,15-16H,4-12H2,1H3. The molecule has 0 aromatic carbocycles. The molecule has 2 saturated heterocycles. The summed E-state index contributed by atoms with van der Waals surface area (Å²) in [5.74, 6) is 2.59. The zero-order valence-electron chi connectivity index (χ0n) is 14.8. The van der Waals surface area contributed by atoms with Gasteiger partial charge in [-0.15, -0.1) is 0 Å². The lowest BCUT2D eigenvalue weighted by Gasteiger charge is -2.37. The molecule has 0 bridgehead atoms. The lowest BCUT2D eigenvalue weighted by Crippen LogP contribution is -2.39. The fourth-order valence-corrected chi connectivity index (χ4v) is 4.25. The van der Waals surface area contributed by atoms with E-state index in [9.17, 15) is 9.59 Å². The molecule has 136 valence electrons. The van der Waals surface area contributed by atoms with Gasteiger partial charge in [-0.05, 0) is 56.1 Å². The molecule has 25 heavy (non-hydrogen) atoms. The zero-order valence-corrected chi connectivity index (χ0v) is 15.5. The van der Waals surface area contributed by atoms with Crippen molar-refractivity contribution in [1.82, 2.24) is 9.88 Å². The molecule has 2 aliphatic rings. The Kier molecular flexibility index (Phi) is 5.94. The predicted molar refractivity (Wildman–Crippen MR) is 99.2 cm³/mol. The molecule has 0 unspecified atom stereocenters. The Morgan fingerprint density at radius 1 is 1.16 bits per heavy atom. The number of hydrogen-bond donors (Lipinski definition) is 0. The fraction of sp³-hybridized carbons (Fsp3) is 0.632. The number of hydrogen-bond acceptors (Lipinski definition) is 4. The van der Waals surface area contributed by atoms with Crippen LogP contribution in [0.2, 0.25) is 5.15 Å². The molecule has 0 saturated carbocycles. The van der Waals surface area contributed by atoms with Gasteiger partial charge in [0.25, 0.3) is 0 Å². The second-order valence-corrected chi connectivity index (χ2v) is 7.64. The molecule has 0 spiro atoms. The van der Waals surface area contributed by atoms with E-state index in [1.807, 2.05) is 11.0 Å². The number of piperidine rings is 2. The van der Waals surface area contributed by atoms with Gasteiger partial charge in [-0.3, -0.25) is 9.59 Å². The fourth-order valence-electron chi connectivity index (χ4n) is 4.05. The number of halogens is 1. The van der Waals surface area contributed by atoms with E-state index >= 15 is 0 Å². The highest BCUT2D eigenvalue weighted by molar-refractivity contribution is 6.31. The minimum Gasteiger partial charge on any atom is -0.357 e. The molecule has 6 heteroatoms. The van der Waals surface area contributed by atoms with Crippen LogP contribution in [0.1, 0.15) is 49.4 Å². The van der Waals surface area contributed by atoms with Crippen LogP contribution in [0.4, 0.5) is 5.82 Å². The molecule has 2 fully saturated rings. The molecule has 3 heterocycles. The molecule has 5 nitrogen and oxygen atoms in total. The highest BCUT2D eigenvalue weighted by Crippen LogP contribution is 2.31. The summed E-state index contributed by atoms with van der Waals surface area (Å²) in [5, 5.41) is 0.284. The monoisotopic (exact) mass is 363 g/mol. The molecular formula is C19H26ClN3O2. The van der Waals surface area contributed by atoms with Gasteiger partial charge >= 0.3 is 0 Å². The highest BCUT2D eigenvalue weighted by Gasteiger charge is 2.26. The lowest BCUT2D eigenvalue weighted by molar-refractivity contribution is -0.130. The van der Waals surface area contributed by atoms with E-state index in [0.717, 1.165) is 63.0 Å². The van der Waals surface area contributed by atoms with E-state index in [2.05, 4.69) is 9.88 Å². The maximum atomic E-state index is 11.4. The molecule has 1 aromatic heterocycles. The van der Waals surface area contributed by atoms with Crippen LogP contribution >= 0.6 is 11.6 Å². The van der Waals surface area contributed by atoms with E-state index in [0.29, 0.717) is 5.56 Å². The van der Waals surface area contributed by atoms with Crippen molar-refractivity contribution >= 4 is 29.6 Å². The maximum absolute atomic E-state index is 11.4. The zero-order chi connectivity index (χ0) is 17.8. The number of carbonyl (C=O) groups excluding carboxylic acids is 2. The third-order valence-electron chi connectivity index (χ3n) is 5.65. The quantitative estimate of drug-likeness (QED) is 0.607. The number of aldehydes is 1. The Bertz CT molecular complexity index is 621. The Morgan fingerprint density at radius 2 is 1.76 bits per heavy atom. The Labute approximate surface area is 154 Å². The van der Waals surface area contributed by atoms with Crippen LogP contribution in [-0.2, 0) is 4.79 Å². The Morgan fingerprint density at radius 3 is 2.28 bits per heavy atom. The van der Waals surface area contributed by atoms with Gasteiger partial charge in [0.05, 0.1) is 5.56 Å². The van der Waals surface area contributed by atoms with E-state index in [4.69, 9.17) is 11.6 Å². The van der Waals surface area contributed by atoms with Crippen molar-refractivity contribution in [2.45, 2.75) is 39.0 Å². The summed E-state index contributed by atoms with van der Waals surface area (Å²) in [6.45, 7) is 5.48. The minimum absolute atomic E-state index is 0.207. The molecule has 0 atom stereocenters. The van der Waals surface area contributed by atoms with Gasteiger partial charge in [-0.1, -0.05) is 11.6 Å². The lowest BCUT2D eigenvalue weighted by atomic mass is 9.83. The van der Waals surface area contributed by atoms with E-state index < -0.39 is 0 Å². The summed E-state index contributed by atoms with van der Waals surface area (Å²) >= 11 is 6.04. The second kappa shape index (κ2) is 8.17. The molecular weight excluding hydrogens is 338 g/mol. The minimum atomic E-state index is 0.207. The summed E-state index contributed by atoms with van der Waals surface area (Å²) in [4.78, 5) is 30.8. The van der Waals surface area contributed by atoms with Gasteiger partial charge in [-0.25, -0.2) is 4.98 Å².